The third kappa shape index (κ3) is 0.944. The van der Waals surface area contributed by atoms with Crippen LogP contribution in [0.1, 0.15) is 18.4 Å². The molecule has 0 atom stereocenters. The van der Waals surface area contributed by atoms with E-state index < -0.39 is 5.54 Å². The summed E-state index contributed by atoms with van der Waals surface area (Å²) in [5.41, 5.74) is 5.92. The standard InChI is InChI=1S/C10H10FNO2/c11-6-1-2-7-9(14-5-13-7)8(6)10(12)3-4-10/h1-2H,3-5,12H2. The summed E-state index contributed by atoms with van der Waals surface area (Å²) in [4.78, 5) is 0. The lowest BCUT2D eigenvalue weighted by atomic mass is 10.0. The molecule has 0 radical (unpaired) electrons. The molecular formula is C10H10FNO2. The van der Waals surface area contributed by atoms with Gasteiger partial charge in [0.1, 0.15) is 5.82 Å². The summed E-state index contributed by atoms with van der Waals surface area (Å²) in [7, 11) is 0. The Kier molecular flexibility index (Phi) is 1.37. The van der Waals surface area contributed by atoms with E-state index in [0.717, 1.165) is 12.8 Å². The fourth-order valence-corrected chi connectivity index (χ4v) is 1.80. The maximum atomic E-state index is 13.6. The first kappa shape index (κ1) is 8.05. The molecular weight excluding hydrogens is 185 g/mol. The average Bonchev–Trinajstić information content (AvgIpc) is 2.74. The smallest absolute Gasteiger partial charge is 0.231 e. The second-order valence-corrected chi connectivity index (χ2v) is 3.81. The van der Waals surface area contributed by atoms with Crippen molar-refractivity contribution < 1.29 is 13.9 Å². The second kappa shape index (κ2) is 2.39. The lowest BCUT2D eigenvalue weighted by molar-refractivity contribution is 0.172. The summed E-state index contributed by atoms with van der Waals surface area (Å²) in [6.07, 6.45) is 1.62. The Bertz CT molecular complexity index is 401. The van der Waals surface area contributed by atoms with Crippen LogP contribution in [0.3, 0.4) is 0 Å². The molecule has 0 aromatic heterocycles. The van der Waals surface area contributed by atoms with Crippen LogP contribution in [0, 0.1) is 5.82 Å². The van der Waals surface area contributed by atoms with Crippen molar-refractivity contribution in [3.05, 3.63) is 23.5 Å². The number of halogens is 1. The monoisotopic (exact) mass is 195 g/mol. The molecule has 1 aliphatic carbocycles. The van der Waals surface area contributed by atoms with Crippen molar-refractivity contribution in [1.29, 1.82) is 0 Å². The van der Waals surface area contributed by atoms with E-state index in [9.17, 15) is 4.39 Å². The van der Waals surface area contributed by atoms with Gasteiger partial charge in [0.05, 0.1) is 5.56 Å². The largest absolute Gasteiger partial charge is 0.454 e. The number of hydrogen-bond donors (Lipinski definition) is 1. The first-order valence-electron chi connectivity index (χ1n) is 4.58. The van der Waals surface area contributed by atoms with Crippen LogP contribution in [0.4, 0.5) is 4.39 Å². The number of benzene rings is 1. The fourth-order valence-electron chi connectivity index (χ4n) is 1.80. The quantitative estimate of drug-likeness (QED) is 0.738. The van der Waals surface area contributed by atoms with Gasteiger partial charge in [-0.2, -0.15) is 0 Å². The van der Waals surface area contributed by atoms with Gasteiger partial charge in [0, 0.05) is 5.54 Å². The molecule has 2 aliphatic rings. The maximum Gasteiger partial charge on any atom is 0.231 e. The molecule has 2 N–H and O–H groups in total. The van der Waals surface area contributed by atoms with Crippen molar-refractivity contribution in [2.45, 2.75) is 18.4 Å². The van der Waals surface area contributed by atoms with E-state index in [0.29, 0.717) is 17.1 Å². The van der Waals surface area contributed by atoms with Gasteiger partial charge >= 0.3 is 0 Å². The fraction of sp³-hybridized carbons (Fsp3) is 0.400. The number of ether oxygens (including phenoxy) is 2. The highest BCUT2D eigenvalue weighted by molar-refractivity contribution is 5.53. The Hall–Kier alpha value is -1.29. The van der Waals surface area contributed by atoms with E-state index >= 15 is 0 Å². The highest BCUT2D eigenvalue weighted by atomic mass is 19.1. The minimum absolute atomic E-state index is 0.155. The van der Waals surface area contributed by atoms with Gasteiger partial charge in [0.2, 0.25) is 6.79 Å². The van der Waals surface area contributed by atoms with E-state index in [2.05, 4.69) is 0 Å². The van der Waals surface area contributed by atoms with Gasteiger partial charge in [0.25, 0.3) is 0 Å². The Morgan fingerprint density at radius 1 is 1.29 bits per heavy atom. The van der Waals surface area contributed by atoms with Crippen molar-refractivity contribution in [2.24, 2.45) is 5.73 Å². The Labute approximate surface area is 80.6 Å². The van der Waals surface area contributed by atoms with Crippen molar-refractivity contribution in [3.8, 4) is 11.5 Å². The van der Waals surface area contributed by atoms with Gasteiger partial charge in [-0.25, -0.2) is 4.39 Å². The van der Waals surface area contributed by atoms with Gasteiger partial charge in [0.15, 0.2) is 11.5 Å². The first-order chi connectivity index (χ1) is 6.71. The van der Waals surface area contributed by atoms with Crippen molar-refractivity contribution in [1.82, 2.24) is 0 Å². The SMILES string of the molecule is NC1(c2c(F)ccc3c2OCO3)CC1. The molecule has 1 heterocycles. The molecule has 3 nitrogen and oxygen atoms in total. The zero-order chi connectivity index (χ0) is 9.76. The number of fused-ring (bicyclic) bond motifs is 1. The van der Waals surface area contributed by atoms with E-state index in [-0.39, 0.29) is 12.6 Å². The Balaban J connectivity index is 2.21. The van der Waals surface area contributed by atoms with Crippen LogP contribution >= 0.6 is 0 Å². The normalized spacial score (nSPS) is 21.0. The maximum absolute atomic E-state index is 13.6. The van der Waals surface area contributed by atoms with Crippen molar-refractivity contribution >= 4 is 0 Å². The van der Waals surface area contributed by atoms with Gasteiger partial charge in [-0.1, -0.05) is 0 Å². The molecule has 0 unspecified atom stereocenters. The molecule has 1 aromatic carbocycles. The minimum atomic E-state index is -0.525. The first-order valence-corrected chi connectivity index (χ1v) is 4.58. The van der Waals surface area contributed by atoms with E-state index in [1.54, 1.807) is 6.07 Å². The van der Waals surface area contributed by atoms with E-state index in [4.69, 9.17) is 15.2 Å². The van der Waals surface area contributed by atoms with Crippen LogP contribution < -0.4 is 15.2 Å². The van der Waals surface area contributed by atoms with Gasteiger partial charge in [-0.05, 0) is 25.0 Å². The molecule has 0 saturated heterocycles. The highest BCUT2D eigenvalue weighted by Gasteiger charge is 2.46. The van der Waals surface area contributed by atoms with Crippen molar-refractivity contribution in [2.75, 3.05) is 6.79 Å². The molecule has 1 fully saturated rings. The number of rotatable bonds is 1. The second-order valence-electron chi connectivity index (χ2n) is 3.81. The Morgan fingerprint density at radius 3 is 2.79 bits per heavy atom. The molecule has 14 heavy (non-hydrogen) atoms. The van der Waals surface area contributed by atoms with Crippen LogP contribution in [-0.2, 0) is 5.54 Å². The molecule has 4 heteroatoms. The summed E-state index contributed by atoms with van der Waals surface area (Å²) in [5, 5.41) is 0. The lowest BCUT2D eigenvalue weighted by Crippen LogP contribution is -2.21. The summed E-state index contributed by atoms with van der Waals surface area (Å²) in [6.45, 7) is 0.155. The third-order valence-electron chi connectivity index (χ3n) is 2.77. The molecule has 0 bridgehead atoms. The van der Waals surface area contributed by atoms with E-state index in [1.165, 1.54) is 6.07 Å². The number of hydrogen-bond acceptors (Lipinski definition) is 3. The van der Waals surface area contributed by atoms with Gasteiger partial charge in [-0.15, -0.1) is 0 Å². The molecule has 1 aliphatic heterocycles. The molecule has 0 spiro atoms. The highest BCUT2D eigenvalue weighted by Crippen LogP contribution is 2.51. The summed E-state index contributed by atoms with van der Waals surface area (Å²) in [6, 6.07) is 2.96. The average molecular weight is 195 g/mol. The number of nitrogens with two attached hydrogens (primary N) is 1. The van der Waals surface area contributed by atoms with Crippen LogP contribution in [0.5, 0.6) is 11.5 Å². The predicted octanol–water partition coefficient (Wildman–Crippen LogP) is 1.50. The molecule has 0 amide bonds. The zero-order valence-electron chi connectivity index (χ0n) is 7.55. The third-order valence-corrected chi connectivity index (χ3v) is 2.77. The lowest BCUT2D eigenvalue weighted by Gasteiger charge is -2.12. The van der Waals surface area contributed by atoms with Crippen LogP contribution in [0.2, 0.25) is 0 Å². The summed E-state index contributed by atoms with van der Waals surface area (Å²) in [5.74, 6) is 0.789. The van der Waals surface area contributed by atoms with Crippen molar-refractivity contribution in [3.63, 3.8) is 0 Å². The summed E-state index contributed by atoms with van der Waals surface area (Å²) < 4.78 is 24.0. The van der Waals surface area contributed by atoms with E-state index in [1.807, 2.05) is 0 Å². The zero-order valence-corrected chi connectivity index (χ0v) is 7.55. The van der Waals surface area contributed by atoms with Crippen LogP contribution in [0.15, 0.2) is 12.1 Å². The van der Waals surface area contributed by atoms with Crippen LogP contribution in [-0.4, -0.2) is 6.79 Å². The predicted molar refractivity (Wildman–Crippen MR) is 47.6 cm³/mol. The summed E-state index contributed by atoms with van der Waals surface area (Å²) >= 11 is 0. The molecule has 1 aromatic rings. The Morgan fingerprint density at radius 2 is 2.07 bits per heavy atom. The molecule has 3 rings (SSSR count). The van der Waals surface area contributed by atoms with Gasteiger partial charge < -0.3 is 15.2 Å². The van der Waals surface area contributed by atoms with Gasteiger partial charge in [-0.3, -0.25) is 0 Å². The molecule has 1 saturated carbocycles. The topological polar surface area (TPSA) is 44.5 Å². The molecule has 74 valence electrons. The minimum Gasteiger partial charge on any atom is -0.454 e. The van der Waals surface area contributed by atoms with Crippen LogP contribution in [0.25, 0.3) is 0 Å².